The molecule has 3 aliphatic rings. The maximum Gasteiger partial charge on any atom is 0.0962 e. The van der Waals surface area contributed by atoms with E-state index in [1.165, 1.54) is 64.2 Å². The summed E-state index contributed by atoms with van der Waals surface area (Å²) in [6.07, 6.45) is 19.1. The third-order valence-electron chi connectivity index (χ3n) is 5.25. The van der Waals surface area contributed by atoms with Gasteiger partial charge in [-0.1, -0.05) is 82.0 Å². The van der Waals surface area contributed by atoms with Gasteiger partial charge in [-0.25, -0.2) is 10.3 Å². The van der Waals surface area contributed by atoms with E-state index in [0.29, 0.717) is 6.04 Å². The minimum atomic E-state index is 0.0119. The SMILES string of the molecule is C1CCCCC2CCCCCCCCC(CCC1)NNOOOOOO2. The zero-order chi connectivity index (χ0) is 18.1. The lowest BCUT2D eigenvalue weighted by Gasteiger charge is -2.19. The zero-order valence-corrected chi connectivity index (χ0v) is 15.9. The lowest BCUT2D eigenvalue weighted by atomic mass is 9.98. The molecule has 0 aromatic carbocycles. The van der Waals surface area contributed by atoms with Crippen LogP contribution >= 0.6 is 0 Å². The lowest BCUT2D eigenvalue weighted by molar-refractivity contribution is -0.766. The molecule has 0 atom stereocenters. The van der Waals surface area contributed by atoms with Crippen LogP contribution in [-0.2, 0) is 30.0 Å². The summed E-state index contributed by atoms with van der Waals surface area (Å²) >= 11 is 0. The summed E-state index contributed by atoms with van der Waals surface area (Å²) < 4.78 is 0. The van der Waals surface area contributed by atoms with Crippen LogP contribution in [0.25, 0.3) is 0 Å². The smallest absolute Gasteiger partial charge is 0.0962 e. The molecular weight excluding hydrogens is 340 g/mol. The second-order valence-electron chi connectivity index (χ2n) is 7.41. The number of hydrazine groups is 1. The zero-order valence-electron chi connectivity index (χ0n) is 15.9. The van der Waals surface area contributed by atoms with Crippen LogP contribution in [0.1, 0.15) is 103 Å². The fourth-order valence-electron chi connectivity index (χ4n) is 3.70. The minimum Gasteiger partial charge on any atom is -0.229 e. The quantitative estimate of drug-likeness (QED) is 0.590. The Kier molecular flexibility index (Phi) is 13.3. The molecule has 3 rings (SSSR count). The van der Waals surface area contributed by atoms with Crippen LogP contribution in [0.5, 0.6) is 0 Å². The van der Waals surface area contributed by atoms with Gasteiger partial charge in [-0.05, 0) is 45.8 Å². The van der Waals surface area contributed by atoms with Gasteiger partial charge >= 0.3 is 0 Å². The molecule has 2 N–H and O–H groups in total. The normalized spacial score (nSPS) is 30.5. The molecule has 0 unspecified atom stereocenters. The number of hydrogen-bond acceptors (Lipinski definition) is 8. The summed E-state index contributed by atoms with van der Waals surface area (Å²) in [5, 5.41) is 17.6. The van der Waals surface area contributed by atoms with Crippen LogP contribution in [0.2, 0.25) is 0 Å². The van der Waals surface area contributed by atoms with Gasteiger partial charge in [0.2, 0.25) is 0 Å². The van der Waals surface area contributed by atoms with Crippen molar-refractivity contribution in [3.05, 3.63) is 0 Å². The Labute approximate surface area is 156 Å². The highest BCUT2D eigenvalue weighted by molar-refractivity contribution is 4.65. The van der Waals surface area contributed by atoms with E-state index in [1.54, 1.807) is 0 Å². The molecule has 26 heavy (non-hydrogen) atoms. The Balaban J connectivity index is 1.87. The highest BCUT2D eigenvalue weighted by Crippen LogP contribution is 2.19. The maximum absolute atomic E-state index is 5.30. The minimum absolute atomic E-state index is 0.0119. The molecule has 1 saturated carbocycles. The molecule has 8 nitrogen and oxygen atoms in total. The van der Waals surface area contributed by atoms with Crippen LogP contribution in [-0.4, -0.2) is 12.1 Å². The molecule has 0 aromatic heterocycles. The molecule has 0 spiro atoms. The van der Waals surface area contributed by atoms with E-state index in [1.807, 2.05) is 0 Å². The summed E-state index contributed by atoms with van der Waals surface area (Å²) in [7, 11) is 0. The van der Waals surface area contributed by atoms with Crippen molar-refractivity contribution in [3.8, 4) is 0 Å². The van der Waals surface area contributed by atoms with Gasteiger partial charge in [0.1, 0.15) is 0 Å². The summed E-state index contributed by atoms with van der Waals surface area (Å²) in [5.74, 6) is 0. The Bertz CT molecular complexity index is 247. The van der Waals surface area contributed by atoms with Crippen LogP contribution in [0.4, 0.5) is 0 Å². The van der Waals surface area contributed by atoms with E-state index in [4.69, 9.17) is 4.89 Å². The Morgan fingerprint density at radius 3 is 1.62 bits per heavy atom. The fourth-order valence-corrected chi connectivity index (χ4v) is 3.70. The van der Waals surface area contributed by atoms with E-state index in [2.05, 4.69) is 36.2 Å². The molecular formula is C18H36N2O6. The van der Waals surface area contributed by atoms with Crippen LogP contribution < -0.4 is 11.0 Å². The maximum atomic E-state index is 5.30. The van der Waals surface area contributed by atoms with Gasteiger partial charge in [0.15, 0.2) is 0 Å². The highest BCUT2D eigenvalue weighted by Gasteiger charge is 2.13. The first-order valence-electron chi connectivity index (χ1n) is 10.4. The fraction of sp³-hybridized carbons (Fsp3) is 1.00. The molecule has 2 saturated heterocycles. The van der Waals surface area contributed by atoms with Crippen molar-refractivity contribution < 1.29 is 30.0 Å². The second-order valence-corrected chi connectivity index (χ2v) is 7.41. The monoisotopic (exact) mass is 376 g/mol. The Morgan fingerprint density at radius 1 is 0.500 bits per heavy atom. The second kappa shape index (κ2) is 15.7. The van der Waals surface area contributed by atoms with Gasteiger partial charge in [0, 0.05) is 6.04 Å². The summed E-state index contributed by atoms with van der Waals surface area (Å²) in [4.78, 5) is 9.96. The topological polar surface area (TPSA) is 79.4 Å². The van der Waals surface area contributed by atoms with Crippen molar-refractivity contribution in [1.82, 2.24) is 11.0 Å². The van der Waals surface area contributed by atoms with Crippen LogP contribution in [0.15, 0.2) is 0 Å². The highest BCUT2D eigenvalue weighted by atomic mass is 17.8. The van der Waals surface area contributed by atoms with Crippen molar-refractivity contribution in [1.29, 1.82) is 0 Å². The molecule has 2 bridgehead atoms. The number of fused-ring (bicyclic) bond motifs is 21. The Hall–Kier alpha value is -0.320. The summed E-state index contributed by atoms with van der Waals surface area (Å²) in [5.41, 5.74) is 5.67. The predicted octanol–water partition coefficient (Wildman–Crippen LogP) is 4.68. The largest absolute Gasteiger partial charge is 0.229 e. The average molecular weight is 376 g/mol. The van der Waals surface area contributed by atoms with Crippen molar-refractivity contribution in [3.63, 3.8) is 0 Å². The molecule has 3 fully saturated rings. The van der Waals surface area contributed by atoms with Gasteiger partial charge in [-0.3, -0.25) is 0 Å². The predicted molar refractivity (Wildman–Crippen MR) is 94.2 cm³/mol. The first-order chi connectivity index (χ1) is 12.9. The molecule has 2 aliphatic heterocycles. The molecule has 0 amide bonds. The number of nitrogens with one attached hydrogen (secondary N) is 2. The van der Waals surface area contributed by atoms with Crippen molar-refractivity contribution in [2.24, 2.45) is 0 Å². The van der Waals surface area contributed by atoms with Crippen LogP contribution in [0, 0.1) is 0 Å². The van der Waals surface area contributed by atoms with Crippen LogP contribution in [0.3, 0.4) is 0 Å². The van der Waals surface area contributed by atoms with E-state index >= 15 is 0 Å². The van der Waals surface area contributed by atoms with E-state index in [0.717, 1.165) is 38.5 Å². The summed E-state index contributed by atoms with van der Waals surface area (Å²) in [6, 6.07) is 0.345. The van der Waals surface area contributed by atoms with Gasteiger partial charge in [0.05, 0.1) is 6.10 Å². The van der Waals surface area contributed by atoms with Gasteiger partial charge in [-0.15, -0.1) is 5.59 Å². The van der Waals surface area contributed by atoms with Crippen molar-refractivity contribution >= 4 is 0 Å². The van der Waals surface area contributed by atoms with Gasteiger partial charge in [0.25, 0.3) is 0 Å². The Morgan fingerprint density at radius 2 is 1.00 bits per heavy atom. The molecule has 0 radical (unpaired) electrons. The van der Waals surface area contributed by atoms with Crippen molar-refractivity contribution in [2.45, 2.75) is 115 Å². The van der Waals surface area contributed by atoms with Gasteiger partial charge < -0.3 is 0 Å². The summed E-state index contributed by atoms with van der Waals surface area (Å²) in [6.45, 7) is 0. The number of hydrogen-bond donors (Lipinski definition) is 2. The third-order valence-corrected chi connectivity index (χ3v) is 5.25. The standard InChI is InChI=1S/C18H36N2O6/c1-3-7-11-15-18-16-12-8-4-2-6-10-14-17(13-9-5-1)19-20-22-24-26-25-23-21-18/h17-20H,1-16H2. The first kappa shape index (κ1) is 22.0. The average Bonchev–Trinajstić information content (AvgIpc) is 2.65. The first-order valence-corrected chi connectivity index (χ1v) is 10.4. The molecule has 2 heterocycles. The molecule has 154 valence electrons. The van der Waals surface area contributed by atoms with E-state index < -0.39 is 0 Å². The van der Waals surface area contributed by atoms with E-state index in [9.17, 15) is 0 Å². The molecule has 0 aromatic rings. The van der Waals surface area contributed by atoms with Gasteiger partial charge in [-0.2, -0.15) is 0 Å². The lowest BCUT2D eigenvalue weighted by Crippen LogP contribution is -2.40. The van der Waals surface area contributed by atoms with Crippen molar-refractivity contribution in [2.75, 3.05) is 0 Å². The molecule has 1 aliphatic carbocycles. The number of rotatable bonds is 0. The van der Waals surface area contributed by atoms with E-state index in [-0.39, 0.29) is 6.10 Å². The molecule has 8 heteroatoms. The third kappa shape index (κ3) is 11.4.